The minimum absolute atomic E-state index is 0.0795. The van der Waals surface area contributed by atoms with Gasteiger partial charge in [0.15, 0.2) is 0 Å². The summed E-state index contributed by atoms with van der Waals surface area (Å²) in [5, 5.41) is 12.0. The summed E-state index contributed by atoms with van der Waals surface area (Å²) in [5.74, 6) is -1.06. The van der Waals surface area contributed by atoms with E-state index in [4.69, 9.17) is 21.1 Å². The maximum absolute atomic E-state index is 13.0. The fourth-order valence-electron chi connectivity index (χ4n) is 1.79. The van der Waals surface area contributed by atoms with Crippen LogP contribution in [0.15, 0.2) is 28.7 Å². The third-order valence-electron chi connectivity index (χ3n) is 2.86. The fourth-order valence-corrected chi connectivity index (χ4v) is 1.99. The Labute approximate surface area is 120 Å². The molecule has 0 fully saturated rings. The van der Waals surface area contributed by atoms with Crippen LogP contribution >= 0.6 is 11.6 Å². The molecule has 20 heavy (non-hydrogen) atoms. The molecule has 2 aromatic rings. The Hall–Kier alpha value is -1.85. The van der Waals surface area contributed by atoms with Crippen molar-refractivity contribution in [1.29, 1.82) is 0 Å². The topological polar surface area (TPSA) is 62.5 Å². The summed E-state index contributed by atoms with van der Waals surface area (Å²) in [6.45, 7) is 2.66. The van der Waals surface area contributed by atoms with Gasteiger partial charge in [0.25, 0.3) is 0 Å². The van der Waals surface area contributed by atoms with Crippen molar-refractivity contribution in [2.45, 2.75) is 20.0 Å². The molecule has 0 amide bonds. The average molecular weight is 298 g/mol. The van der Waals surface area contributed by atoms with E-state index in [1.54, 1.807) is 19.1 Å². The van der Waals surface area contributed by atoms with E-state index in [-0.39, 0.29) is 10.8 Å². The van der Waals surface area contributed by atoms with Crippen molar-refractivity contribution in [2.24, 2.45) is 0 Å². The van der Waals surface area contributed by atoms with Crippen molar-refractivity contribution in [3.8, 4) is 0 Å². The number of carbonyl (C=O) groups is 1. The zero-order valence-corrected chi connectivity index (χ0v) is 11.5. The second-order valence-electron chi connectivity index (χ2n) is 4.35. The number of benzene rings is 1. The molecule has 0 aliphatic rings. The summed E-state index contributed by atoms with van der Waals surface area (Å²) in [6, 6.07) is 5.99. The summed E-state index contributed by atoms with van der Waals surface area (Å²) in [4.78, 5) is 10.8. The smallest absolute Gasteiger partial charge is 0.371 e. The Kier molecular flexibility index (Phi) is 4.42. The number of hydrogen-bond donors (Lipinski definition) is 2. The number of hydrogen-bond acceptors (Lipinski definition) is 3. The highest BCUT2D eigenvalue weighted by Crippen LogP contribution is 2.17. The Bertz CT molecular complexity index is 639. The lowest BCUT2D eigenvalue weighted by Crippen LogP contribution is -2.12. The molecule has 1 aromatic heterocycles. The van der Waals surface area contributed by atoms with Crippen LogP contribution in [0.25, 0.3) is 0 Å². The van der Waals surface area contributed by atoms with Crippen molar-refractivity contribution in [2.75, 3.05) is 0 Å². The molecule has 2 rings (SSSR count). The van der Waals surface area contributed by atoms with Crippen molar-refractivity contribution >= 4 is 17.6 Å². The largest absolute Gasteiger partial charge is 0.475 e. The van der Waals surface area contributed by atoms with Crippen molar-refractivity contribution in [3.05, 3.63) is 57.8 Å². The van der Waals surface area contributed by atoms with Crippen LogP contribution in [0.2, 0.25) is 5.02 Å². The lowest BCUT2D eigenvalue weighted by Gasteiger charge is -2.05. The van der Waals surface area contributed by atoms with Gasteiger partial charge in [-0.2, -0.15) is 0 Å². The molecule has 0 unspecified atom stereocenters. The van der Waals surface area contributed by atoms with Crippen LogP contribution in [0.3, 0.4) is 0 Å². The van der Waals surface area contributed by atoms with E-state index in [1.807, 2.05) is 0 Å². The van der Waals surface area contributed by atoms with Crippen LogP contribution in [-0.2, 0) is 13.1 Å². The van der Waals surface area contributed by atoms with Gasteiger partial charge in [0.1, 0.15) is 11.6 Å². The molecule has 1 heterocycles. The van der Waals surface area contributed by atoms with Gasteiger partial charge in [-0.15, -0.1) is 0 Å². The highest BCUT2D eigenvalue weighted by Gasteiger charge is 2.12. The normalized spacial score (nSPS) is 10.8. The quantitative estimate of drug-likeness (QED) is 0.888. The van der Waals surface area contributed by atoms with Crippen LogP contribution in [0.1, 0.15) is 27.4 Å². The SMILES string of the molecule is Cc1oc(C(=O)O)cc1CNCc1ccc(F)c(Cl)c1. The molecular formula is C14H13ClFNO3. The van der Waals surface area contributed by atoms with E-state index in [1.165, 1.54) is 12.1 Å². The van der Waals surface area contributed by atoms with Crippen LogP contribution in [0.4, 0.5) is 4.39 Å². The Morgan fingerprint density at radius 1 is 1.40 bits per heavy atom. The summed E-state index contributed by atoms with van der Waals surface area (Å²) >= 11 is 5.69. The molecule has 1 aromatic carbocycles. The number of carboxylic acids is 1. The number of halogens is 2. The number of aryl methyl sites for hydroxylation is 1. The molecule has 106 valence electrons. The minimum Gasteiger partial charge on any atom is -0.475 e. The summed E-state index contributed by atoms with van der Waals surface area (Å²) in [5.41, 5.74) is 1.62. The lowest BCUT2D eigenvalue weighted by molar-refractivity contribution is 0.0661. The lowest BCUT2D eigenvalue weighted by atomic mass is 10.2. The first kappa shape index (κ1) is 14.6. The molecule has 0 saturated heterocycles. The standard InChI is InChI=1S/C14H13ClFNO3/c1-8-10(5-13(20-8)14(18)19)7-17-6-9-2-3-12(16)11(15)4-9/h2-5,17H,6-7H2,1H3,(H,18,19). The van der Waals surface area contributed by atoms with Gasteiger partial charge in [-0.05, 0) is 30.7 Å². The van der Waals surface area contributed by atoms with E-state index in [0.29, 0.717) is 18.8 Å². The van der Waals surface area contributed by atoms with Crippen molar-refractivity contribution in [3.63, 3.8) is 0 Å². The highest BCUT2D eigenvalue weighted by molar-refractivity contribution is 6.30. The molecular weight excluding hydrogens is 285 g/mol. The molecule has 6 heteroatoms. The van der Waals surface area contributed by atoms with Crippen LogP contribution in [0, 0.1) is 12.7 Å². The molecule has 0 aliphatic heterocycles. The molecule has 2 N–H and O–H groups in total. The molecule has 0 aliphatic carbocycles. The van der Waals surface area contributed by atoms with Gasteiger partial charge in [0.05, 0.1) is 5.02 Å². The monoisotopic (exact) mass is 297 g/mol. The van der Waals surface area contributed by atoms with Gasteiger partial charge in [0, 0.05) is 18.7 Å². The summed E-state index contributed by atoms with van der Waals surface area (Å²) in [7, 11) is 0. The van der Waals surface area contributed by atoms with Crippen LogP contribution < -0.4 is 5.32 Å². The fraction of sp³-hybridized carbons (Fsp3) is 0.214. The molecule has 0 atom stereocenters. The highest BCUT2D eigenvalue weighted by atomic mass is 35.5. The maximum atomic E-state index is 13.0. The van der Waals surface area contributed by atoms with Gasteiger partial charge < -0.3 is 14.8 Å². The van der Waals surface area contributed by atoms with Crippen molar-refractivity contribution in [1.82, 2.24) is 5.32 Å². The van der Waals surface area contributed by atoms with Crippen LogP contribution in [0.5, 0.6) is 0 Å². The molecule has 0 spiro atoms. The van der Waals surface area contributed by atoms with Gasteiger partial charge in [-0.25, -0.2) is 9.18 Å². The number of furan rings is 1. The zero-order chi connectivity index (χ0) is 14.7. The Morgan fingerprint density at radius 3 is 2.75 bits per heavy atom. The number of carboxylic acid groups (broad SMARTS) is 1. The number of rotatable bonds is 5. The Balaban J connectivity index is 1.95. The van der Waals surface area contributed by atoms with E-state index in [0.717, 1.165) is 11.1 Å². The third kappa shape index (κ3) is 3.37. The Morgan fingerprint density at radius 2 is 2.15 bits per heavy atom. The second kappa shape index (κ2) is 6.07. The van der Waals surface area contributed by atoms with Crippen LogP contribution in [-0.4, -0.2) is 11.1 Å². The first-order chi connectivity index (χ1) is 9.47. The van der Waals surface area contributed by atoms with Gasteiger partial charge in [-0.1, -0.05) is 17.7 Å². The second-order valence-corrected chi connectivity index (χ2v) is 4.76. The summed E-state index contributed by atoms with van der Waals surface area (Å²) < 4.78 is 18.1. The average Bonchev–Trinajstić information content (AvgIpc) is 2.76. The maximum Gasteiger partial charge on any atom is 0.371 e. The third-order valence-corrected chi connectivity index (χ3v) is 3.15. The van der Waals surface area contributed by atoms with E-state index < -0.39 is 11.8 Å². The zero-order valence-electron chi connectivity index (χ0n) is 10.7. The number of aromatic carboxylic acids is 1. The molecule has 4 nitrogen and oxygen atoms in total. The number of nitrogens with one attached hydrogen (secondary N) is 1. The summed E-state index contributed by atoms with van der Waals surface area (Å²) in [6.07, 6.45) is 0. The first-order valence-corrected chi connectivity index (χ1v) is 6.32. The van der Waals surface area contributed by atoms with Gasteiger partial charge in [-0.3, -0.25) is 0 Å². The minimum atomic E-state index is -1.09. The van der Waals surface area contributed by atoms with E-state index >= 15 is 0 Å². The van der Waals surface area contributed by atoms with Gasteiger partial charge >= 0.3 is 5.97 Å². The molecule has 0 saturated carbocycles. The predicted octanol–water partition coefficient (Wildman–Crippen LogP) is 3.37. The predicted molar refractivity (Wildman–Crippen MR) is 72.4 cm³/mol. The van der Waals surface area contributed by atoms with Gasteiger partial charge in [0.2, 0.25) is 5.76 Å². The van der Waals surface area contributed by atoms with Crippen molar-refractivity contribution < 1.29 is 18.7 Å². The molecule has 0 bridgehead atoms. The molecule has 0 radical (unpaired) electrons. The van der Waals surface area contributed by atoms with E-state index in [2.05, 4.69) is 5.32 Å². The first-order valence-electron chi connectivity index (χ1n) is 5.94. The van der Waals surface area contributed by atoms with E-state index in [9.17, 15) is 9.18 Å².